The van der Waals surface area contributed by atoms with Gasteiger partial charge in [0.2, 0.25) is 0 Å². The molecule has 5 atom stereocenters. The van der Waals surface area contributed by atoms with Crippen LogP contribution in [0.1, 0.15) is 349 Å². The summed E-state index contributed by atoms with van der Waals surface area (Å²) in [5, 5.41) is 10.6. The van der Waals surface area contributed by atoms with Crippen LogP contribution >= 0.6 is 15.6 Å². The highest BCUT2D eigenvalue weighted by molar-refractivity contribution is 7.47. The lowest BCUT2D eigenvalue weighted by molar-refractivity contribution is -0.161. The number of hydrogen-bond acceptors (Lipinski definition) is 15. The Morgan fingerprint density at radius 2 is 0.542 bits per heavy atom. The van der Waals surface area contributed by atoms with Gasteiger partial charge >= 0.3 is 39.5 Å². The maximum absolute atomic E-state index is 13.1. The Morgan fingerprint density at radius 1 is 0.302 bits per heavy atom. The molecule has 0 radical (unpaired) electrons. The molecular weight excluding hydrogens is 1260 g/mol. The van der Waals surface area contributed by atoms with Crippen LogP contribution in [0, 0.1) is 0 Å². The van der Waals surface area contributed by atoms with E-state index in [2.05, 4.69) is 88.5 Å². The second-order valence-electron chi connectivity index (χ2n) is 26.0. The lowest BCUT2D eigenvalue weighted by Gasteiger charge is -2.21. The zero-order valence-electron chi connectivity index (χ0n) is 61.1. The summed E-state index contributed by atoms with van der Waals surface area (Å²) in [5.41, 5.74) is 0. The molecule has 0 bridgehead atoms. The average molecular weight is 1400 g/mol. The van der Waals surface area contributed by atoms with E-state index in [1.54, 1.807) is 0 Å². The van der Waals surface area contributed by atoms with Gasteiger partial charge < -0.3 is 33.8 Å². The molecule has 2 unspecified atom stereocenters. The number of allylic oxidation sites excluding steroid dienone is 10. The van der Waals surface area contributed by atoms with E-state index < -0.39 is 97.5 Å². The van der Waals surface area contributed by atoms with Crippen molar-refractivity contribution in [3.8, 4) is 0 Å². The minimum atomic E-state index is -4.97. The van der Waals surface area contributed by atoms with Gasteiger partial charge in [-0.3, -0.25) is 37.3 Å². The molecule has 0 aromatic heterocycles. The standard InChI is InChI=1S/C77H140O17P2/c1-5-9-13-17-21-25-29-33-35-39-41-45-49-53-57-61-74(79)87-67-72(93-76(81)63-59-55-51-47-43-37-31-27-23-19-15-11-7-3)69-91-95(83,84)89-65-71(78)66-90-96(85,86)92-70-73(94-77(82)64-60-56-52-48-44-38-32-28-24-20-16-12-8-4)68-88-75(80)62-58-54-50-46-42-40-36-34-30-26-22-18-14-10-6-2/h21,25-26,28,30,32-36,71-73,78H,5-20,22-24,27,29,31,37-70H2,1-4H3,(H,83,84)(H,85,86)/b25-21-,30-26-,32-28-,35-33-,36-34-/t71-,72+,73+/m0/s1. The molecular formula is C77H140O17P2. The van der Waals surface area contributed by atoms with E-state index in [-0.39, 0.29) is 25.7 Å². The highest BCUT2D eigenvalue weighted by Crippen LogP contribution is 2.45. The molecule has 0 aromatic rings. The number of hydrogen-bond donors (Lipinski definition) is 3. The van der Waals surface area contributed by atoms with Crippen LogP contribution in [0.25, 0.3) is 0 Å². The van der Waals surface area contributed by atoms with Gasteiger partial charge in [-0.05, 0) is 109 Å². The number of phosphoric ester groups is 2. The number of esters is 4. The zero-order chi connectivity index (χ0) is 70.4. The molecule has 560 valence electrons. The molecule has 17 nitrogen and oxygen atoms in total. The van der Waals surface area contributed by atoms with E-state index in [1.807, 2.05) is 0 Å². The number of aliphatic hydroxyl groups excluding tert-OH is 1. The molecule has 0 aromatic carbocycles. The zero-order valence-corrected chi connectivity index (χ0v) is 62.8. The predicted octanol–water partition coefficient (Wildman–Crippen LogP) is 21.9. The Kier molecular flexibility index (Phi) is 67.8. The topological polar surface area (TPSA) is 237 Å². The van der Waals surface area contributed by atoms with Crippen LogP contribution in [-0.2, 0) is 65.4 Å². The second kappa shape index (κ2) is 70.2. The summed E-state index contributed by atoms with van der Waals surface area (Å²) in [5.74, 6) is -2.19. The third kappa shape index (κ3) is 69.2. The fourth-order valence-corrected chi connectivity index (χ4v) is 12.1. The first-order valence-electron chi connectivity index (χ1n) is 38.5. The summed E-state index contributed by atoms with van der Waals surface area (Å²) in [6.07, 6.45) is 67.7. The second-order valence-corrected chi connectivity index (χ2v) is 28.9. The Balaban J connectivity index is 5.33. The molecule has 0 aliphatic carbocycles. The van der Waals surface area contributed by atoms with E-state index in [1.165, 1.54) is 122 Å². The fraction of sp³-hybridized carbons (Fsp3) is 0.818. The quantitative estimate of drug-likeness (QED) is 0.0128. The first kappa shape index (κ1) is 92.8. The van der Waals surface area contributed by atoms with Crippen molar-refractivity contribution in [1.82, 2.24) is 0 Å². The van der Waals surface area contributed by atoms with Crippen molar-refractivity contribution in [2.45, 2.75) is 367 Å². The molecule has 0 spiro atoms. The minimum Gasteiger partial charge on any atom is -0.462 e. The predicted molar refractivity (Wildman–Crippen MR) is 390 cm³/mol. The van der Waals surface area contributed by atoms with Crippen molar-refractivity contribution in [2.24, 2.45) is 0 Å². The van der Waals surface area contributed by atoms with Gasteiger partial charge in [-0.15, -0.1) is 0 Å². The molecule has 19 heteroatoms. The van der Waals surface area contributed by atoms with Crippen LogP contribution < -0.4 is 0 Å². The summed E-state index contributed by atoms with van der Waals surface area (Å²) in [7, 11) is -9.94. The van der Waals surface area contributed by atoms with Crippen molar-refractivity contribution < 1.29 is 80.2 Å². The number of rotatable bonds is 73. The van der Waals surface area contributed by atoms with Crippen LogP contribution in [0.4, 0.5) is 0 Å². The summed E-state index contributed by atoms with van der Waals surface area (Å²) < 4.78 is 68.4. The molecule has 0 rings (SSSR count). The van der Waals surface area contributed by atoms with Crippen molar-refractivity contribution >= 4 is 39.5 Å². The highest BCUT2D eigenvalue weighted by atomic mass is 31.2. The molecule has 96 heavy (non-hydrogen) atoms. The number of carbonyl (C=O) groups is 4. The van der Waals surface area contributed by atoms with Gasteiger partial charge in [0.1, 0.15) is 19.3 Å². The van der Waals surface area contributed by atoms with E-state index in [9.17, 15) is 43.2 Å². The molecule has 0 fully saturated rings. The SMILES string of the molecule is CCCCC/C=C\C/C=C\CCCCCCCC(=O)OC[C@H](COP(=O)(O)OC[C@H](O)COP(=O)(O)OC[C@@H](COC(=O)CCCCCCC/C=C\C=C/CCCCCC)OC(=O)CCCCCCC/C=C\CCCCCC)OC(=O)CCCCCCCCCCCCCCC. The third-order valence-electron chi connectivity index (χ3n) is 16.5. The van der Waals surface area contributed by atoms with Gasteiger partial charge in [-0.2, -0.15) is 0 Å². The number of carbonyl (C=O) groups excluding carboxylic acids is 4. The van der Waals surface area contributed by atoms with Gasteiger partial charge in [0.05, 0.1) is 26.4 Å². The van der Waals surface area contributed by atoms with Gasteiger partial charge in [-0.1, -0.05) is 275 Å². The molecule has 3 N–H and O–H groups in total. The monoisotopic (exact) mass is 1400 g/mol. The van der Waals surface area contributed by atoms with E-state index in [0.717, 1.165) is 148 Å². The molecule has 0 saturated heterocycles. The number of aliphatic hydroxyl groups is 1. The van der Waals surface area contributed by atoms with Gasteiger partial charge in [0.25, 0.3) is 0 Å². The first-order valence-corrected chi connectivity index (χ1v) is 41.5. The van der Waals surface area contributed by atoms with Gasteiger partial charge in [-0.25, -0.2) is 9.13 Å². The smallest absolute Gasteiger partial charge is 0.462 e. The summed E-state index contributed by atoms with van der Waals surface area (Å²) in [6, 6.07) is 0. The van der Waals surface area contributed by atoms with Crippen LogP contribution in [0.5, 0.6) is 0 Å². The normalized spacial score (nSPS) is 14.3. The number of unbranched alkanes of at least 4 members (excludes halogenated alkanes) is 38. The number of phosphoric acid groups is 2. The van der Waals surface area contributed by atoms with Crippen molar-refractivity contribution in [1.29, 1.82) is 0 Å². The highest BCUT2D eigenvalue weighted by Gasteiger charge is 2.30. The van der Waals surface area contributed by atoms with E-state index >= 15 is 0 Å². The first-order chi connectivity index (χ1) is 46.7. The molecule has 0 saturated carbocycles. The maximum Gasteiger partial charge on any atom is 0.472 e. The Morgan fingerprint density at radius 3 is 0.875 bits per heavy atom. The largest absolute Gasteiger partial charge is 0.472 e. The summed E-state index contributed by atoms with van der Waals surface area (Å²) in [4.78, 5) is 72.8. The molecule has 0 heterocycles. The van der Waals surface area contributed by atoms with Gasteiger partial charge in [0, 0.05) is 25.7 Å². The summed E-state index contributed by atoms with van der Waals surface area (Å²) >= 11 is 0. The summed E-state index contributed by atoms with van der Waals surface area (Å²) in [6.45, 7) is 4.82. The van der Waals surface area contributed by atoms with Crippen LogP contribution in [0.15, 0.2) is 60.8 Å². The fourth-order valence-electron chi connectivity index (χ4n) is 10.5. The Bertz CT molecular complexity index is 2060. The average Bonchev–Trinajstić information content (AvgIpc) is 1.14. The molecule has 0 aliphatic rings. The van der Waals surface area contributed by atoms with E-state index in [4.69, 9.17) is 37.0 Å². The van der Waals surface area contributed by atoms with Crippen LogP contribution in [0.2, 0.25) is 0 Å². The molecule has 0 aliphatic heterocycles. The Labute approximate surface area is 584 Å². The lowest BCUT2D eigenvalue weighted by atomic mass is 10.0. The van der Waals surface area contributed by atoms with Crippen molar-refractivity contribution in [2.75, 3.05) is 39.6 Å². The van der Waals surface area contributed by atoms with Crippen molar-refractivity contribution in [3.63, 3.8) is 0 Å². The molecule has 0 amide bonds. The third-order valence-corrected chi connectivity index (χ3v) is 18.4. The maximum atomic E-state index is 13.1. The Hall–Kier alpha value is -3.24. The van der Waals surface area contributed by atoms with Gasteiger partial charge in [0.15, 0.2) is 12.2 Å². The lowest BCUT2D eigenvalue weighted by Crippen LogP contribution is -2.30. The minimum absolute atomic E-state index is 0.0849. The number of ether oxygens (including phenoxy) is 4. The van der Waals surface area contributed by atoms with Crippen LogP contribution in [0.3, 0.4) is 0 Å². The van der Waals surface area contributed by atoms with Crippen molar-refractivity contribution in [3.05, 3.63) is 60.8 Å². The van der Waals surface area contributed by atoms with Crippen LogP contribution in [-0.4, -0.2) is 96.7 Å². The van der Waals surface area contributed by atoms with E-state index in [0.29, 0.717) is 25.7 Å².